The summed E-state index contributed by atoms with van der Waals surface area (Å²) in [6, 6.07) is 7.77. The highest BCUT2D eigenvalue weighted by molar-refractivity contribution is 7.92. The van der Waals surface area contributed by atoms with Crippen molar-refractivity contribution in [2.45, 2.75) is 30.6 Å². The summed E-state index contributed by atoms with van der Waals surface area (Å²) in [6.45, 7) is 0. The van der Waals surface area contributed by atoms with E-state index >= 15 is 0 Å². The van der Waals surface area contributed by atoms with Gasteiger partial charge in [-0.05, 0) is 61.1 Å². The maximum Gasteiger partial charge on any atom is 0.264 e. The second kappa shape index (κ2) is 5.68. The summed E-state index contributed by atoms with van der Waals surface area (Å²) < 4.78 is 54.0. The minimum Gasteiger partial charge on any atom is -0.279 e. The number of anilines is 1. The van der Waals surface area contributed by atoms with Crippen molar-refractivity contribution in [1.82, 2.24) is 0 Å². The standard InChI is InChI=1S/C16H15F2NO2S/c17-12-8-9-14(18)16(10-12)22(20,21)19-15-7-3-5-11-4-1-2-6-13(11)15/h3,5,7-10,19H,1-2,4,6H2. The predicted molar refractivity (Wildman–Crippen MR) is 80.3 cm³/mol. The first-order chi connectivity index (χ1) is 10.5. The lowest BCUT2D eigenvalue weighted by Crippen LogP contribution is -2.17. The van der Waals surface area contributed by atoms with Crippen molar-refractivity contribution in [2.75, 3.05) is 4.72 Å². The molecular weight excluding hydrogens is 308 g/mol. The SMILES string of the molecule is O=S(=O)(Nc1cccc2c1CCCC2)c1cc(F)ccc1F. The third-order valence-electron chi connectivity index (χ3n) is 3.82. The lowest BCUT2D eigenvalue weighted by molar-refractivity contribution is 0.555. The van der Waals surface area contributed by atoms with Crippen LogP contribution in [0.5, 0.6) is 0 Å². The topological polar surface area (TPSA) is 46.2 Å². The highest BCUT2D eigenvalue weighted by atomic mass is 32.2. The van der Waals surface area contributed by atoms with E-state index in [4.69, 9.17) is 0 Å². The van der Waals surface area contributed by atoms with E-state index < -0.39 is 26.6 Å². The van der Waals surface area contributed by atoms with Gasteiger partial charge in [0.2, 0.25) is 0 Å². The molecule has 0 bridgehead atoms. The van der Waals surface area contributed by atoms with Gasteiger partial charge in [-0.1, -0.05) is 12.1 Å². The minimum atomic E-state index is -4.16. The maximum absolute atomic E-state index is 13.7. The summed E-state index contributed by atoms with van der Waals surface area (Å²) >= 11 is 0. The Morgan fingerprint density at radius 2 is 1.77 bits per heavy atom. The van der Waals surface area contributed by atoms with Crippen molar-refractivity contribution in [3.63, 3.8) is 0 Å². The summed E-state index contributed by atoms with van der Waals surface area (Å²) in [5.74, 6) is -1.77. The summed E-state index contributed by atoms with van der Waals surface area (Å²) in [4.78, 5) is -0.680. The van der Waals surface area contributed by atoms with E-state index in [1.54, 1.807) is 12.1 Å². The van der Waals surface area contributed by atoms with Gasteiger partial charge in [-0.15, -0.1) is 0 Å². The smallest absolute Gasteiger partial charge is 0.264 e. The van der Waals surface area contributed by atoms with Crippen LogP contribution in [0.3, 0.4) is 0 Å². The first-order valence-corrected chi connectivity index (χ1v) is 8.54. The molecule has 22 heavy (non-hydrogen) atoms. The zero-order valence-electron chi connectivity index (χ0n) is 11.8. The van der Waals surface area contributed by atoms with Crippen molar-refractivity contribution in [3.8, 4) is 0 Å². The number of aryl methyl sites for hydroxylation is 1. The molecular formula is C16H15F2NO2S. The Hall–Kier alpha value is -1.95. The van der Waals surface area contributed by atoms with Gasteiger partial charge in [0.1, 0.15) is 16.5 Å². The van der Waals surface area contributed by atoms with Crippen LogP contribution in [0.15, 0.2) is 41.3 Å². The first-order valence-electron chi connectivity index (χ1n) is 7.06. The molecule has 0 saturated heterocycles. The second-order valence-corrected chi connectivity index (χ2v) is 6.98. The van der Waals surface area contributed by atoms with Crippen LogP contribution in [0.1, 0.15) is 24.0 Å². The van der Waals surface area contributed by atoms with E-state index in [0.29, 0.717) is 11.8 Å². The summed E-state index contributed by atoms with van der Waals surface area (Å²) in [6.07, 6.45) is 3.74. The number of benzene rings is 2. The van der Waals surface area contributed by atoms with Gasteiger partial charge in [-0.3, -0.25) is 4.72 Å². The van der Waals surface area contributed by atoms with Gasteiger partial charge in [-0.25, -0.2) is 17.2 Å². The van der Waals surface area contributed by atoms with Gasteiger partial charge in [0.05, 0.1) is 5.69 Å². The fraction of sp³-hybridized carbons (Fsp3) is 0.250. The Bertz CT molecular complexity index is 819. The molecule has 3 nitrogen and oxygen atoms in total. The molecule has 0 unspecified atom stereocenters. The lowest BCUT2D eigenvalue weighted by atomic mass is 9.91. The second-order valence-electron chi connectivity index (χ2n) is 5.33. The Balaban J connectivity index is 2.00. The van der Waals surface area contributed by atoms with Crippen LogP contribution >= 0.6 is 0 Å². The van der Waals surface area contributed by atoms with Gasteiger partial charge in [0.25, 0.3) is 10.0 Å². The van der Waals surface area contributed by atoms with E-state index in [1.807, 2.05) is 6.07 Å². The van der Waals surface area contributed by atoms with Gasteiger partial charge >= 0.3 is 0 Å². The molecule has 0 heterocycles. The molecule has 2 aromatic carbocycles. The van der Waals surface area contributed by atoms with Crippen LogP contribution < -0.4 is 4.72 Å². The quantitative estimate of drug-likeness (QED) is 0.937. The van der Waals surface area contributed by atoms with Gasteiger partial charge < -0.3 is 0 Å². The zero-order valence-corrected chi connectivity index (χ0v) is 12.6. The monoisotopic (exact) mass is 323 g/mol. The first kappa shape index (κ1) is 15.0. The number of fused-ring (bicyclic) bond motifs is 1. The highest BCUT2D eigenvalue weighted by Gasteiger charge is 2.22. The Morgan fingerprint density at radius 3 is 2.59 bits per heavy atom. The fourth-order valence-electron chi connectivity index (χ4n) is 2.76. The van der Waals surface area contributed by atoms with Crippen molar-refractivity contribution in [2.24, 2.45) is 0 Å². The lowest BCUT2D eigenvalue weighted by Gasteiger charge is -2.20. The predicted octanol–water partition coefficient (Wildman–Crippen LogP) is 3.64. The van der Waals surface area contributed by atoms with E-state index in [0.717, 1.165) is 48.9 Å². The highest BCUT2D eigenvalue weighted by Crippen LogP contribution is 2.29. The third-order valence-corrected chi connectivity index (χ3v) is 5.20. The summed E-state index contributed by atoms with van der Waals surface area (Å²) in [5, 5.41) is 0. The molecule has 0 atom stereocenters. The number of hydrogen-bond donors (Lipinski definition) is 1. The van der Waals surface area contributed by atoms with Crippen LogP contribution in [-0.2, 0) is 22.9 Å². The Morgan fingerprint density at radius 1 is 1.00 bits per heavy atom. The molecule has 2 aromatic rings. The molecule has 6 heteroatoms. The van der Waals surface area contributed by atoms with Crippen LogP contribution in [0.2, 0.25) is 0 Å². The number of halogens is 2. The number of nitrogens with one attached hydrogen (secondary N) is 1. The van der Waals surface area contributed by atoms with Gasteiger partial charge in [0.15, 0.2) is 0 Å². The zero-order chi connectivity index (χ0) is 15.7. The molecule has 0 spiro atoms. The van der Waals surface area contributed by atoms with Gasteiger partial charge in [0, 0.05) is 0 Å². The Kier molecular flexibility index (Phi) is 3.87. The molecule has 0 fully saturated rings. The largest absolute Gasteiger partial charge is 0.279 e. The van der Waals surface area contributed by atoms with Crippen molar-refractivity contribution in [1.29, 1.82) is 0 Å². The van der Waals surface area contributed by atoms with Crippen LogP contribution in [0, 0.1) is 11.6 Å². The molecule has 0 amide bonds. The molecule has 0 aliphatic heterocycles. The van der Waals surface area contributed by atoms with E-state index in [1.165, 1.54) is 0 Å². The van der Waals surface area contributed by atoms with E-state index in [9.17, 15) is 17.2 Å². The number of sulfonamides is 1. The van der Waals surface area contributed by atoms with Crippen molar-refractivity contribution in [3.05, 3.63) is 59.2 Å². The van der Waals surface area contributed by atoms with Crippen LogP contribution in [-0.4, -0.2) is 8.42 Å². The number of rotatable bonds is 3. The molecule has 0 saturated carbocycles. The normalized spacial score (nSPS) is 14.5. The molecule has 1 aliphatic rings. The van der Waals surface area contributed by atoms with Gasteiger partial charge in [-0.2, -0.15) is 0 Å². The van der Waals surface area contributed by atoms with E-state index in [-0.39, 0.29) is 0 Å². The molecule has 1 N–H and O–H groups in total. The van der Waals surface area contributed by atoms with Crippen molar-refractivity contribution < 1.29 is 17.2 Å². The third kappa shape index (κ3) is 2.83. The molecule has 1 aliphatic carbocycles. The maximum atomic E-state index is 13.7. The molecule has 3 rings (SSSR count). The molecule has 116 valence electrons. The average Bonchev–Trinajstić information content (AvgIpc) is 2.50. The number of hydrogen-bond acceptors (Lipinski definition) is 2. The minimum absolute atomic E-state index is 0.445. The van der Waals surface area contributed by atoms with Crippen LogP contribution in [0.4, 0.5) is 14.5 Å². The van der Waals surface area contributed by atoms with Crippen LogP contribution in [0.25, 0.3) is 0 Å². The molecule has 0 radical (unpaired) electrons. The average molecular weight is 323 g/mol. The van der Waals surface area contributed by atoms with E-state index in [2.05, 4.69) is 4.72 Å². The fourth-order valence-corrected chi connectivity index (χ4v) is 3.94. The summed E-state index contributed by atoms with van der Waals surface area (Å²) in [5.41, 5.74) is 2.49. The Labute approximate surface area is 128 Å². The van der Waals surface area contributed by atoms with Crippen molar-refractivity contribution >= 4 is 15.7 Å². The summed E-state index contributed by atoms with van der Waals surface area (Å²) in [7, 11) is -4.16. The molecule has 0 aromatic heterocycles.